The molecule has 0 aliphatic carbocycles. The van der Waals surface area contributed by atoms with Gasteiger partial charge in [0, 0.05) is 42.1 Å². The average Bonchev–Trinajstić information content (AvgIpc) is 3.43. The van der Waals surface area contributed by atoms with Crippen molar-refractivity contribution in [2.24, 2.45) is 0 Å². The molecule has 1 atom stereocenters. The highest BCUT2D eigenvalue weighted by atomic mass is 32.1. The van der Waals surface area contributed by atoms with E-state index >= 15 is 0 Å². The molecule has 1 fully saturated rings. The maximum absolute atomic E-state index is 13.1. The lowest BCUT2D eigenvalue weighted by molar-refractivity contribution is 0.0321. The number of pyridine rings is 2. The van der Waals surface area contributed by atoms with Crippen molar-refractivity contribution in [3.63, 3.8) is 0 Å². The van der Waals surface area contributed by atoms with Crippen LogP contribution >= 0.6 is 11.3 Å². The Kier molecular flexibility index (Phi) is 6.29. The lowest BCUT2D eigenvalue weighted by Gasteiger charge is -2.17. The summed E-state index contributed by atoms with van der Waals surface area (Å²) in [5.74, 6) is -0.420. The van der Waals surface area contributed by atoms with Crippen LogP contribution in [-0.2, 0) is 4.74 Å². The minimum absolute atomic E-state index is 0.0252. The van der Waals surface area contributed by atoms with Crippen molar-refractivity contribution < 1.29 is 9.53 Å². The normalized spacial score (nSPS) is 16.7. The Labute approximate surface area is 185 Å². The minimum Gasteiger partial charge on any atom is -0.457 e. The Morgan fingerprint density at radius 3 is 2.81 bits per heavy atom. The van der Waals surface area contributed by atoms with Crippen LogP contribution in [0.15, 0.2) is 40.8 Å². The van der Waals surface area contributed by atoms with Gasteiger partial charge in [-0.1, -0.05) is 20.8 Å². The second-order valence-electron chi connectivity index (χ2n) is 7.98. The molecule has 8 heteroatoms. The summed E-state index contributed by atoms with van der Waals surface area (Å²) in [4.78, 5) is 39.7. The van der Waals surface area contributed by atoms with Crippen LogP contribution in [-0.4, -0.2) is 51.6 Å². The predicted octanol–water partition coefficient (Wildman–Crippen LogP) is 3.93. The van der Waals surface area contributed by atoms with Crippen molar-refractivity contribution in [1.82, 2.24) is 19.9 Å². The van der Waals surface area contributed by atoms with E-state index in [1.54, 1.807) is 18.5 Å². The third-order valence-corrected chi connectivity index (χ3v) is 6.42. The zero-order chi connectivity index (χ0) is 22.0. The molecule has 4 heterocycles. The second-order valence-corrected chi connectivity index (χ2v) is 8.84. The van der Waals surface area contributed by atoms with Gasteiger partial charge < -0.3 is 9.72 Å². The van der Waals surface area contributed by atoms with Crippen LogP contribution < -0.4 is 5.56 Å². The van der Waals surface area contributed by atoms with Crippen molar-refractivity contribution in [2.75, 3.05) is 19.6 Å². The average molecular weight is 439 g/mol. The fourth-order valence-corrected chi connectivity index (χ4v) is 4.61. The molecule has 3 aromatic rings. The van der Waals surface area contributed by atoms with Gasteiger partial charge in [0.25, 0.3) is 5.56 Å². The highest BCUT2D eigenvalue weighted by molar-refractivity contribution is 7.13. The molecule has 7 nitrogen and oxygen atoms in total. The first-order chi connectivity index (χ1) is 15.0. The van der Waals surface area contributed by atoms with Crippen LogP contribution in [0.25, 0.3) is 21.8 Å². The van der Waals surface area contributed by atoms with Gasteiger partial charge in [-0.3, -0.25) is 14.7 Å². The van der Waals surface area contributed by atoms with Gasteiger partial charge in [0.2, 0.25) is 0 Å². The van der Waals surface area contributed by atoms with E-state index in [1.165, 1.54) is 11.3 Å². The molecular weight excluding hydrogens is 412 g/mol. The predicted molar refractivity (Wildman–Crippen MR) is 121 cm³/mol. The second kappa shape index (κ2) is 9.11. The molecule has 4 rings (SSSR count). The molecule has 3 aromatic heterocycles. The maximum atomic E-state index is 13.1. The molecule has 0 bridgehead atoms. The van der Waals surface area contributed by atoms with Gasteiger partial charge in [0.15, 0.2) is 0 Å². The first-order valence-corrected chi connectivity index (χ1v) is 11.4. The molecule has 0 saturated carbocycles. The Morgan fingerprint density at radius 2 is 2.13 bits per heavy atom. The Hall–Kier alpha value is -2.84. The molecule has 1 unspecified atom stereocenters. The van der Waals surface area contributed by atoms with Crippen molar-refractivity contribution >= 4 is 17.3 Å². The molecule has 0 amide bonds. The summed E-state index contributed by atoms with van der Waals surface area (Å²) in [5, 5.41) is 2.63. The molecule has 1 saturated heterocycles. The number of nitrogens with zero attached hydrogens (tertiary/aromatic N) is 3. The number of aromatic nitrogens is 3. The maximum Gasteiger partial charge on any atom is 0.340 e. The van der Waals surface area contributed by atoms with Gasteiger partial charge in [-0.25, -0.2) is 9.78 Å². The number of hydrogen-bond acceptors (Lipinski definition) is 7. The Bertz CT molecular complexity index is 1120. The van der Waals surface area contributed by atoms with E-state index in [2.05, 4.69) is 26.8 Å². The van der Waals surface area contributed by atoms with Crippen molar-refractivity contribution in [3.05, 3.63) is 57.6 Å². The van der Waals surface area contributed by atoms with Crippen molar-refractivity contribution in [3.8, 4) is 21.8 Å². The summed E-state index contributed by atoms with van der Waals surface area (Å²) >= 11 is 1.45. The zero-order valence-electron chi connectivity index (χ0n) is 17.9. The van der Waals surface area contributed by atoms with Crippen LogP contribution in [0.2, 0.25) is 0 Å². The van der Waals surface area contributed by atoms with Crippen molar-refractivity contribution in [1.29, 1.82) is 0 Å². The Morgan fingerprint density at radius 1 is 1.35 bits per heavy atom. The van der Waals surface area contributed by atoms with E-state index < -0.39 is 5.97 Å². The van der Waals surface area contributed by atoms with Gasteiger partial charge in [-0.15, -0.1) is 11.3 Å². The highest BCUT2D eigenvalue weighted by Crippen LogP contribution is 2.29. The van der Waals surface area contributed by atoms with Gasteiger partial charge in [0.1, 0.15) is 11.1 Å². The van der Waals surface area contributed by atoms with Gasteiger partial charge in [0.05, 0.1) is 16.8 Å². The molecule has 0 aromatic carbocycles. The van der Waals surface area contributed by atoms with E-state index in [1.807, 2.05) is 31.4 Å². The monoisotopic (exact) mass is 438 g/mol. The van der Waals surface area contributed by atoms with Crippen LogP contribution in [0.5, 0.6) is 0 Å². The number of likely N-dealkylation sites (tertiary alicyclic amines) is 1. The SMILES string of the molecule is CCN1CCC(OC(=O)c2cc(-c3csc(-c4ccncc4)n3)c(=O)[nH]c2C(C)C)C1. The minimum atomic E-state index is -0.395. The Balaban J connectivity index is 1.66. The number of aromatic amines is 1. The number of carbonyl (C=O) groups is 1. The van der Waals surface area contributed by atoms with Gasteiger partial charge >= 0.3 is 5.97 Å². The van der Waals surface area contributed by atoms with Crippen molar-refractivity contribution in [2.45, 2.75) is 39.2 Å². The fraction of sp³-hybridized carbons (Fsp3) is 0.391. The standard InChI is InChI=1S/C23H26N4O3S/c1-4-27-10-7-16(12-27)30-23(29)18-11-17(21(28)26-20(18)14(2)3)19-13-31-22(25-19)15-5-8-24-9-6-15/h5-6,8-9,11,13-14,16H,4,7,10,12H2,1-3H3,(H,26,28). The van der Waals surface area contributed by atoms with Crippen LogP contribution in [0.3, 0.4) is 0 Å². The van der Waals surface area contributed by atoms with Crippen LogP contribution in [0.4, 0.5) is 0 Å². The number of nitrogens with one attached hydrogen (secondary N) is 1. The smallest absolute Gasteiger partial charge is 0.340 e. The largest absolute Gasteiger partial charge is 0.457 e. The number of rotatable bonds is 6. The van der Waals surface area contributed by atoms with E-state index in [0.29, 0.717) is 22.5 Å². The molecule has 162 valence electrons. The quantitative estimate of drug-likeness (QED) is 0.587. The summed E-state index contributed by atoms with van der Waals surface area (Å²) in [7, 11) is 0. The first-order valence-electron chi connectivity index (χ1n) is 10.5. The summed E-state index contributed by atoms with van der Waals surface area (Å²) < 4.78 is 5.80. The van der Waals surface area contributed by atoms with E-state index in [-0.39, 0.29) is 17.6 Å². The number of esters is 1. The molecule has 1 aliphatic rings. The summed E-state index contributed by atoms with van der Waals surface area (Å²) in [6.07, 6.45) is 4.11. The van der Waals surface area contributed by atoms with E-state index in [4.69, 9.17) is 4.74 Å². The molecule has 0 spiro atoms. The number of ether oxygens (including phenoxy) is 1. The van der Waals surface area contributed by atoms with E-state index in [0.717, 1.165) is 36.6 Å². The van der Waals surface area contributed by atoms with Crippen LogP contribution in [0.1, 0.15) is 49.2 Å². The summed E-state index contributed by atoms with van der Waals surface area (Å²) in [6.45, 7) is 8.61. The highest BCUT2D eigenvalue weighted by Gasteiger charge is 2.27. The summed E-state index contributed by atoms with van der Waals surface area (Å²) in [6, 6.07) is 5.38. The zero-order valence-corrected chi connectivity index (χ0v) is 18.7. The number of carbonyl (C=O) groups excluding carboxylic acids is 1. The molecule has 1 N–H and O–H groups in total. The lowest BCUT2D eigenvalue weighted by atomic mass is 10.0. The third kappa shape index (κ3) is 4.60. The van der Waals surface area contributed by atoms with Gasteiger partial charge in [-0.05, 0) is 37.1 Å². The molecular formula is C23H26N4O3S. The molecule has 0 radical (unpaired) electrons. The molecule has 31 heavy (non-hydrogen) atoms. The summed E-state index contributed by atoms with van der Waals surface area (Å²) in [5.41, 5.74) is 2.58. The number of thiazole rings is 1. The van der Waals surface area contributed by atoms with Gasteiger partial charge in [-0.2, -0.15) is 0 Å². The first kappa shape index (κ1) is 21.4. The van der Waals surface area contributed by atoms with E-state index in [9.17, 15) is 9.59 Å². The lowest BCUT2D eigenvalue weighted by Crippen LogP contribution is -2.26. The number of H-pyrrole nitrogens is 1. The fourth-order valence-electron chi connectivity index (χ4n) is 3.78. The third-order valence-electron chi connectivity index (χ3n) is 5.53. The van der Waals surface area contributed by atoms with Crippen LogP contribution in [0, 0.1) is 0 Å². The number of likely N-dealkylation sites (N-methyl/N-ethyl adjacent to an activating group) is 1. The number of hydrogen-bond donors (Lipinski definition) is 1. The topological polar surface area (TPSA) is 88.2 Å². The molecule has 1 aliphatic heterocycles.